The van der Waals surface area contributed by atoms with Crippen LogP contribution in [0.2, 0.25) is 0 Å². The Labute approximate surface area is 92.3 Å². The summed E-state index contributed by atoms with van der Waals surface area (Å²) in [6.45, 7) is 0.574. The lowest BCUT2D eigenvalue weighted by atomic mass is 10.1. The number of non-ortho nitro benzene ring substituents is 1. The van der Waals surface area contributed by atoms with E-state index >= 15 is 0 Å². The fourth-order valence-corrected chi connectivity index (χ4v) is 1.19. The highest BCUT2D eigenvalue weighted by atomic mass is 16.6. The molecule has 84 valence electrons. The number of nitrogens with zero attached hydrogens (tertiary/aromatic N) is 2. The van der Waals surface area contributed by atoms with Crippen LogP contribution < -0.4 is 5.32 Å². The van der Waals surface area contributed by atoms with Crippen molar-refractivity contribution in [1.29, 1.82) is 5.26 Å². The molecule has 1 rings (SSSR count). The molecular formula is C10H11N3O3. The second-order valence-electron chi connectivity index (χ2n) is 3.10. The van der Waals surface area contributed by atoms with E-state index in [1.54, 1.807) is 0 Å². The first-order chi connectivity index (χ1) is 7.69. The molecule has 0 aliphatic heterocycles. The van der Waals surface area contributed by atoms with E-state index in [0.717, 1.165) is 0 Å². The molecule has 0 saturated carbocycles. The average Bonchev–Trinajstić information content (AvgIpc) is 2.29. The fraction of sp³-hybridized carbons (Fsp3) is 0.300. The summed E-state index contributed by atoms with van der Waals surface area (Å²) in [5, 5.41) is 30.8. The van der Waals surface area contributed by atoms with Gasteiger partial charge < -0.3 is 10.4 Å². The summed E-state index contributed by atoms with van der Waals surface area (Å²) in [6, 6.07) is 5.94. The smallest absolute Gasteiger partial charge is 0.270 e. The number of nitro groups is 1. The molecule has 0 amide bonds. The van der Waals surface area contributed by atoms with Crippen LogP contribution in [-0.2, 0) is 0 Å². The van der Waals surface area contributed by atoms with Crippen LogP contribution in [-0.4, -0.2) is 23.2 Å². The van der Waals surface area contributed by atoms with Gasteiger partial charge in [0.1, 0.15) is 6.07 Å². The Morgan fingerprint density at radius 3 is 2.88 bits per heavy atom. The first-order valence-electron chi connectivity index (χ1n) is 4.72. The number of nitrogens with one attached hydrogen (secondary N) is 1. The van der Waals surface area contributed by atoms with Crippen molar-refractivity contribution >= 4 is 11.4 Å². The van der Waals surface area contributed by atoms with E-state index in [1.807, 2.05) is 6.07 Å². The van der Waals surface area contributed by atoms with Crippen molar-refractivity contribution in [3.8, 4) is 6.07 Å². The van der Waals surface area contributed by atoms with Crippen molar-refractivity contribution in [2.75, 3.05) is 18.5 Å². The second-order valence-corrected chi connectivity index (χ2v) is 3.10. The summed E-state index contributed by atoms with van der Waals surface area (Å²) in [6.07, 6.45) is 0.557. The fourth-order valence-electron chi connectivity index (χ4n) is 1.19. The molecular weight excluding hydrogens is 210 g/mol. The third kappa shape index (κ3) is 2.93. The Kier molecular flexibility index (Phi) is 4.24. The summed E-state index contributed by atoms with van der Waals surface area (Å²) in [5.41, 5.74) is 0.665. The van der Waals surface area contributed by atoms with Crippen LogP contribution in [0.15, 0.2) is 18.2 Å². The van der Waals surface area contributed by atoms with Crippen molar-refractivity contribution in [3.05, 3.63) is 33.9 Å². The molecule has 0 aliphatic rings. The molecule has 1 aromatic rings. The first-order valence-corrected chi connectivity index (χ1v) is 4.72. The van der Waals surface area contributed by atoms with E-state index in [4.69, 9.17) is 10.4 Å². The van der Waals surface area contributed by atoms with Crippen molar-refractivity contribution in [3.63, 3.8) is 0 Å². The maximum Gasteiger partial charge on any atom is 0.270 e. The molecule has 0 radical (unpaired) electrons. The lowest BCUT2D eigenvalue weighted by Crippen LogP contribution is -2.05. The van der Waals surface area contributed by atoms with E-state index in [-0.39, 0.29) is 17.9 Å². The number of nitro benzene ring substituents is 1. The number of benzene rings is 1. The molecule has 1 aromatic carbocycles. The quantitative estimate of drug-likeness (QED) is 0.443. The molecule has 0 spiro atoms. The zero-order valence-corrected chi connectivity index (χ0v) is 8.51. The van der Waals surface area contributed by atoms with Crippen LogP contribution in [0.5, 0.6) is 0 Å². The Balaban J connectivity index is 2.86. The number of aliphatic hydroxyl groups excluding tert-OH is 1. The lowest BCUT2D eigenvalue weighted by molar-refractivity contribution is -0.384. The van der Waals surface area contributed by atoms with Gasteiger partial charge >= 0.3 is 0 Å². The van der Waals surface area contributed by atoms with Gasteiger partial charge in [0.2, 0.25) is 0 Å². The number of rotatable bonds is 5. The zero-order valence-electron chi connectivity index (χ0n) is 8.51. The lowest BCUT2D eigenvalue weighted by Gasteiger charge is -2.06. The normalized spacial score (nSPS) is 9.50. The molecule has 0 unspecified atom stereocenters. The van der Waals surface area contributed by atoms with Crippen LogP contribution in [0.1, 0.15) is 12.0 Å². The van der Waals surface area contributed by atoms with Gasteiger partial charge in [-0.1, -0.05) is 0 Å². The predicted molar refractivity (Wildman–Crippen MR) is 58.0 cm³/mol. The van der Waals surface area contributed by atoms with Crippen molar-refractivity contribution < 1.29 is 10.0 Å². The Hall–Kier alpha value is -2.13. The van der Waals surface area contributed by atoms with Crippen molar-refractivity contribution in [2.24, 2.45) is 0 Å². The van der Waals surface area contributed by atoms with Gasteiger partial charge in [0.15, 0.2) is 0 Å². The SMILES string of the molecule is N#Cc1cc([N+](=O)[O-])ccc1NCCCO. The Morgan fingerprint density at radius 2 is 2.31 bits per heavy atom. The van der Waals surface area contributed by atoms with Gasteiger partial charge in [-0.25, -0.2) is 0 Å². The highest BCUT2D eigenvalue weighted by Gasteiger charge is 2.09. The highest BCUT2D eigenvalue weighted by Crippen LogP contribution is 2.21. The number of nitriles is 1. The van der Waals surface area contributed by atoms with E-state index in [2.05, 4.69) is 5.32 Å². The largest absolute Gasteiger partial charge is 0.396 e. The molecule has 0 saturated heterocycles. The van der Waals surface area contributed by atoms with Crippen LogP contribution in [0, 0.1) is 21.4 Å². The second kappa shape index (κ2) is 5.68. The van der Waals surface area contributed by atoms with Crippen LogP contribution in [0.4, 0.5) is 11.4 Å². The van der Waals surface area contributed by atoms with Gasteiger partial charge in [-0.05, 0) is 12.5 Å². The van der Waals surface area contributed by atoms with Gasteiger partial charge in [0, 0.05) is 25.3 Å². The molecule has 0 atom stereocenters. The molecule has 0 heterocycles. The van der Waals surface area contributed by atoms with Crippen LogP contribution in [0.25, 0.3) is 0 Å². The number of hydrogen-bond acceptors (Lipinski definition) is 5. The Morgan fingerprint density at radius 1 is 1.56 bits per heavy atom. The van der Waals surface area contributed by atoms with E-state index in [9.17, 15) is 10.1 Å². The minimum Gasteiger partial charge on any atom is -0.396 e. The summed E-state index contributed by atoms with van der Waals surface area (Å²) in [7, 11) is 0. The van der Waals surface area contributed by atoms with Crippen molar-refractivity contribution in [2.45, 2.75) is 6.42 Å². The highest BCUT2D eigenvalue weighted by molar-refractivity contribution is 5.61. The average molecular weight is 221 g/mol. The summed E-state index contributed by atoms with van der Waals surface area (Å²) in [5.74, 6) is 0. The molecule has 2 N–H and O–H groups in total. The van der Waals surface area contributed by atoms with Gasteiger partial charge in [0.05, 0.1) is 16.2 Å². The molecule has 0 aromatic heterocycles. The zero-order chi connectivity index (χ0) is 12.0. The molecule has 0 aliphatic carbocycles. The van der Waals surface area contributed by atoms with Gasteiger partial charge in [-0.3, -0.25) is 10.1 Å². The van der Waals surface area contributed by atoms with Crippen LogP contribution >= 0.6 is 0 Å². The maximum atomic E-state index is 10.5. The summed E-state index contributed by atoms with van der Waals surface area (Å²) in [4.78, 5) is 9.94. The molecule has 0 fully saturated rings. The van der Waals surface area contributed by atoms with Crippen LogP contribution in [0.3, 0.4) is 0 Å². The number of anilines is 1. The summed E-state index contributed by atoms with van der Waals surface area (Å²) < 4.78 is 0. The monoisotopic (exact) mass is 221 g/mol. The van der Waals surface area contributed by atoms with E-state index in [1.165, 1.54) is 18.2 Å². The third-order valence-corrected chi connectivity index (χ3v) is 1.98. The minimum atomic E-state index is -0.543. The molecule has 6 nitrogen and oxygen atoms in total. The number of hydrogen-bond donors (Lipinski definition) is 2. The Bertz CT molecular complexity index is 426. The number of aliphatic hydroxyl groups is 1. The molecule has 16 heavy (non-hydrogen) atoms. The van der Waals surface area contributed by atoms with E-state index in [0.29, 0.717) is 18.7 Å². The third-order valence-electron chi connectivity index (χ3n) is 1.98. The van der Waals surface area contributed by atoms with E-state index < -0.39 is 4.92 Å². The standard InChI is InChI=1S/C10H11N3O3/c11-7-8-6-9(13(15)16)2-3-10(8)12-4-1-5-14/h2-3,6,12,14H,1,4-5H2. The molecule has 0 bridgehead atoms. The summed E-state index contributed by atoms with van der Waals surface area (Å²) >= 11 is 0. The van der Waals surface area contributed by atoms with Gasteiger partial charge in [-0.2, -0.15) is 5.26 Å². The van der Waals surface area contributed by atoms with Crippen molar-refractivity contribution in [1.82, 2.24) is 0 Å². The topological polar surface area (TPSA) is 99.2 Å². The van der Waals surface area contributed by atoms with Gasteiger partial charge in [0.25, 0.3) is 5.69 Å². The maximum absolute atomic E-state index is 10.5. The predicted octanol–water partition coefficient (Wildman–Crippen LogP) is 1.26. The van der Waals surface area contributed by atoms with Gasteiger partial charge in [-0.15, -0.1) is 0 Å². The molecule has 6 heteroatoms. The first kappa shape index (κ1) is 11.9. The minimum absolute atomic E-state index is 0.0574.